The fourth-order valence-corrected chi connectivity index (χ4v) is 3.58. The maximum absolute atomic E-state index is 11.6. The van der Waals surface area contributed by atoms with E-state index in [1.165, 1.54) is 10.8 Å². The van der Waals surface area contributed by atoms with Crippen molar-refractivity contribution in [2.24, 2.45) is 5.73 Å². The summed E-state index contributed by atoms with van der Waals surface area (Å²) in [5.74, 6) is 6.28. The SMILES string of the molecule is NC(=O)[C@H]1CCCN1c1ccc(C#Cc2cccc3ccccc23)cc1. The number of fused-ring (bicyclic) bond motifs is 1. The quantitative estimate of drug-likeness (QED) is 0.723. The van der Waals surface area contributed by atoms with E-state index < -0.39 is 0 Å². The molecule has 1 saturated heterocycles. The Morgan fingerprint density at radius 2 is 1.73 bits per heavy atom. The Morgan fingerprint density at radius 1 is 0.962 bits per heavy atom. The number of rotatable bonds is 2. The predicted molar refractivity (Wildman–Crippen MR) is 106 cm³/mol. The van der Waals surface area contributed by atoms with Crippen LogP contribution in [0.5, 0.6) is 0 Å². The maximum atomic E-state index is 11.6. The van der Waals surface area contributed by atoms with Gasteiger partial charge in [0.2, 0.25) is 5.91 Å². The van der Waals surface area contributed by atoms with Crippen LogP contribution in [-0.2, 0) is 4.79 Å². The first-order valence-electron chi connectivity index (χ1n) is 8.88. The van der Waals surface area contributed by atoms with E-state index in [0.29, 0.717) is 0 Å². The normalized spacial score (nSPS) is 16.3. The molecule has 4 rings (SSSR count). The van der Waals surface area contributed by atoms with E-state index in [1.807, 2.05) is 48.5 Å². The van der Waals surface area contributed by atoms with E-state index in [0.717, 1.165) is 36.2 Å². The summed E-state index contributed by atoms with van der Waals surface area (Å²) in [4.78, 5) is 13.7. The van der Waals surface area contributed by atoms with Crippen LogP contribution in [0.3, 0.4) is 0 Å². The van der Waals surface area contributed by atoms with Crippen LogP contribution in [0, 0.1) is 11.8 Å². The third-order valence-corrected chi connectivity index (χ3v) is 4.91. The molecule has 1 amide bonds. The lowest BCUT2D eigenvalue weighted by atomic mass is 10.0. The topological polar surface area (TPSA) is 46.3 Å². The van der Waals surface area contributed by atoms with Crippen molar-refractivity contribution in [2.45, 2.75) is 18.9 Å². The average molecular weight is 340 g/mol. The zero-order valence-corrected chi connectivity index (χ0v) is 14.5. The molecule has 2 N–H and O–H groups in total. The third-order valence-electron chi connectivity index (χ3n) is 4.91. The van der Waals surface area contributed by atoms with Crippen LogP contribution in [0.25, 0.3) is 10.8 Å². The molecule has 3 aromatic rings. The molecular formula is C23H20N2O. The molecule has 3 nitrogen and oxygen atoms in total. The molecule has 1 aliphatic heterocycles. The monoisotopic (exact) mass is 340 g/mol. The average Bonchev–Trinajstić information content (AvgIpc) is 3.17. The summed E-state index contributed by atoms with van der Waals surface area (Å²) in [5, 5.41) is 2.36. The van der Waals surface area contributed by atoms with Gasteiger partial charge in [0.15, 0.2) is 0 Å². The van der Waals surface area contributed by atoms with Crippen LogP contribution in [0.4, 0.5) is 5.69 Å². The van der Waals surface area contributed by atoms with Crippen LogP contribution >= 0.6 is 0 Å². The summed E-state index contributed by atoms with van der Waals surface area (Å²) in [5.41, 5.74) is 8.52. The molecule has 0 saturated carbocycles. The van der Waals surface area contributed by atoms with E-state index in [2.05, 4.69) is 34.9 Å². The number of benzene rings is 3. The van der Waals surface area contributed by atoms with Crippen molar-refractivity contribution in [1.29, 1.82) is 0 Å². The smallest absolute Gasteiger partial charge is 0.240 e. The Bertz CT molecular complexity index is 1010. The Labute approximate surface area is 153 Å². The molecule has 3 aromatic carbocycles. The molecule has 0 spiro atoms. The van der Waals surface area contributed by atoms with E-state index in [4.69, 9.17) is 5.73 Å². The van der Waals surface area contributed by atoms with Gasteiger partial charge in [-0.25, -0.2) is 0 Å². The van der Waals surface area contributed by atoms with Crippen molar-refractivity contribution in [3.63, 3.8) is 0 Å². The number of anilines is 1. The fourth-order valence-electron chi connectivity index (χ4n) is 3.58. The summed E-state index contributed by atoms with van der Waals surface area (Å²) in [6, 6.07) is 22.3. The molecule has 0 radical (unpaired) electrons. The van der Waals surface area contributed by atoms with Crippen molar-refractivity contribution in [3.8, 4) is 11.8 Å². The van der Waals surface area contributed by atoms with Crippen LogP contribution in [0.15, 0.2) is 66.7 Å². The fraction of sp³-hybridized carbons (Fsp3) is 0.174. The number of nitrogens with zero attached hydrogens (tertiary/aromatic N) is 1. The standard InChI is InChI=1S/C23H20N2O/c24-23(26)22-9-4-16-25(22)20-14-11-17(12-15-20)10-13-19-7-3-6-18-5-1-2-8-21(18)19/h1-3,5-8,11-12,14-15,22H,4,9,16H2,(H2,24,26)/t22-/m1/s1. The lowest BCUT2D eigenvalue weighted by molar-refractivity contribution is -0.119. The number of carbonyl (C=O) groups excluding carboxylic acids is 1. The van der Waals surface area contributed by atoms with Crippen LogP contribution in [-0.4, -0.2) is 18.5 Å². The van der Waals surface area contributed by atoms with Crippen molar-refractivity contribution >= 4 is 22.4 Å². The minimum absolute atomic E-state index is 0.192. The minimum Gasteiger partial charge on any atom is -0.368 e. The minimum atomic E-state index is -0.248. The highest BCUT2D eigenvalue weighted by Crippen LogP contribution is 2.25. The first-order valence-corrected chi connectivity index (χ1v) is 8.88. The van der Waals surface area contributed by atoms with Gasteiger partial charge < -0.3 is 10.6 Å². The maximum Gasteiger partial charge on any atom is 0.240 e. The summed E-state index contributed by atoms with van der Waals surface area (Å²) in [6.07, 6.45) is 1.83. The van der Waals surface area contributed by atoms with E-state index in [9.17, 15) is 4.79 Å². The molecule has 0 aromatic heterocycles. The molecule has 0 bridgehead atoms. The molecule has 26 heavy (non-hydrogen) atoms. The second-order valence-corrected chi connectivity index (χ2v) is 6.58. The summed E-state index contributed by atoms with van der Waals surface area (Å²) < 4.78 is 0. The van der Waals surface area contributed by atoms with E-state index >= 15 is 0 Å². The largest absolute Gasteiger partial charge is 0.368 e. The van der Waals surface area contributed by atoms with Gasteiger partial charge in [-0.05, 0) is 53.9 Å². The summed E-state index contributed by atoms with van der Waals surface area (Å²) in [7, 11) is 0. The lowest BCUT2D eigenvalue weighted by Gasteiger charge is -2.24. The number of hydrogen-bond acceptors (Lipinski definition) is 2. The number of amides is 1. The Hall–Kier alpha value is -3.25. The van der Waals surface area contributed by atoms with Crippen molar-refractivity contribution in [2.75, 3.05) is 11.4 Å². The Morgan fingerprint density at radius 3 is 2.54 bits per heavy atom. The second kappa shape index (κ2) is 6.93. The number of carbonyl (C=O) groups is 1. The number of nitrogens with two attached hydrogens (primary N) is 1. The van der Waals surface area contributed by atoms with Gasteiger partial charge in [-0.15, -0.1) is 0 Å². The number of primary amides is 1. The second-order valence-electron chi connectivity index (χ2n) is 6.58. The van der Waals surface area contributed by atoms with Gasteiger partial charge in [0.25, 0.3) is 0 Å². The van der Waals surface area contributed by atoms with Crippen LogP contribution in [0.2, 0.25) is 0 Å². The van der Waals surface area contributed by atoms with Gasteiger partial charge in [0.05, 0.1) is 0 Å². The summed E-state index contributed by atoms with van der Waals surface area (Å²) >= 11 is 0. The lowest BCUT2D eigenvalue weighted by Crippen LogP contribution is -2.40. The molecule has 1 aliphatic rings. The highest BCUT2D eigenvalue weighted by molar-refractivity contribution is 5.88. The zero-order valence-electron chi connectivity index (χ0n) is 14.5. The first kappa shape index (κ1) is 16.2. The first-order chi connectivity index (χ1) is 12.7. The van der Waals surface area contributed by atoms with Gasteiger partial charge >= 0.3 is 0 Å². The zero-order chi connectivity index (χ0) is 17.9. The van der Waals surface area contributed by atoms with Crippen molar-refractivity contribution < 1.29 is 4.79 Å². The molecule has 1 heterocycles. The number of hydrogen-bond donors (Lipinski definition) is 1. The third kappa shape index (κ3) is 3.14. The van der Waals surface area contributed by atoms with E-state index in [1.54, 1.807) is 0 Å². The molecule has 1 fully saturated rings. The predicted octanol–water partition coefficient (Wildman–Crippen LogP) is 3.69. The Balaban J connectivity index is 1.59. The van der Waals surface area contributed by atoms with Gasteiger partial charge in [-0.3, -0.25) is 4.79 Å². The van der Waals surface area contributed by atoms with Gasteiger partial charge in [0.1, 0.15) is 6.04 Å². The van der Waals surface area contributed by atoms with Gasteiger partial charge in [0, 0.05) is 23.4 Å². The van der Waals surface area contributed by atoms with Gasteiger partial charge in [-0.1, -0.05) is 48.2 Å². The van der Waals surface area contributed by atoms with Crippen LogP contribution in [0.1, 0.15) is 24.0 Å². The van der Waals surface area contributed by atoms with Crippen molar-refractivity contribution in [3.05, 3.63) is 77.9 Å². The van der Waals surface area contributed by atoms with Crippen molar-refractivity contribution in [1.82, 2.24) is 0 Å². The highest BCUT2D eigenvalue weighted by Gasteiger charge is 2.28. The summed E-state index contributed by atoms with van der Waals surface area (Å²) in [6.45, 7) is 0.870. The van der Waals surface area contributed by atoms with Gasteiger partial charge in [-0.2, -0.15) is 0 Å². The molecule has 0 aliphatic carbocycles. The molecule has 128 valence electrons. The highest BCUT2D eigenvalue weighted by atomic mass is 16.1. The molecule has 1 atom stereocenters. The molecular weight excluding hydrogens is 320 g/mol. The van der Waals surface area contributed by atoms with Crippen LogP contribution < -0.4 is 10.6 Å². The molecule has 0 unspecified atom stereocenters. The Kier molecular flexibility index (Phi) is 4.33. The molecule has 3 heteroatoms. The van der Waals surface area contributed by atoms with E-state index in [-0.39, 0.29) is 11.9 Å².